The summed E-state index contributed by atoms with van der Waals surface area (Å²) in [6.45, 7) is 3.59. The molecule has 15 heavy (non-hydrogen) atoms. The van der Waals surface area contributed by atoms with E-state index < -0.39 is 0 Å². The molecular formula is C12H11NOS. The SMILES string of the molecule is CC(=O)c1ccc(-c2ccc(C)cn2)s1. The van der Waals surface area contributed by atoms with Crippen molar-refractivity contribution in [1.82, 2.24) is 4.98 Å². The Balaban J connectivity index is 2.37. The molecule has 2 aromatic rings. The van der Waals surface area contributed by atoms with Crippen molar-refractivity contribution in [3.63, 3.8) is 0 Å². The summed E-state index contributed by atoms with van der Waals surface area (Å²) < 4.78 is 0. The summed E-state index contributed by atoms with van der Waals surface area (Å²) in [6, 6.07) is 7.80. The van der Waals surface area contributed by atoms with Gasteiger partial charge >= 0.3 is 0 Å². The van der Waals surface area contributed by atoms with Gasteiger partial charge in [0.1, 0.15) is 0 Å². The molecule has 0 spiro atoms. The van der Waals surface area contributed by atoms with Crippen LogP contribution in [0.4, 0.5) is 0 Å². The standard InChI is InChI=1S/C12H11NOS/c1-8-3-4-10(13-7-8)12-6-5-11(15-12)9(2)14/h3-7H,1-2H3. The zero-order chi connectivity index (χ0) is 10.8. The number of carbonyl (C=O) groups excluding carboxylic acids is 1. The van der Waals surface area contributed by atoms with Gasteiger partial charge in [0.2, 0.25) is 0 Å². The van der Waals surface area contributed by atoms with Crippen molar-refractivity contribution in [3.05, 3.63) is 40.9 Å². The van der Waals surface area contributed by atoms with Crippen LogP contribution in [0.2, 0.25) is 0 Å². The van der Waals surface area contributed by atoms with Crippen molar-refractivity contribution in [2.45, 2.75) is 13.8 Å². The molecule has 0 aliphatic rings. The van der Waals surface area contributed by atoms with Crippen molar-refractivity contribution in [2.75, 3.05) is 0 Å². The normalized spacial score (nSPS) is 10.3. The van der Waals surface area contributed by atoms with Gasteiger partial charge in [0.15, 0.2) is 5.78 Å². The van der Waals surface area contributed by atoms with Gasteiger partial charge in [-0.1, -0.05) is 6.07 Å². The van der Waals surface area contributed by atoms with Crippen LogP contribution in [0, 0.1) is 6.92 Å². The molecule has 2 nitrogen and oxygen atoms in total. The molecule has 0 radical (unpaired) electrons. The van der Waals surface area contributed by atoms with Crippen molar-refractivity contribution < 1.29 is 4.79 Å². The molecule has 0 atom stereocenters. The smallest absolute Gasteiger partial charge is 0.169 e. The number of carbonyl (C=O) groups is 1. The average Bonchev–Trinajstić information content (AvgIpc) is 2.68. The van der Waals surface area contributed by atoms with Crippen molar-refractivity contribution in [3.8, 4) is 10.6 Å². The molecule has 76 valence electrons. The van der Waals surface area contributed by atoms with Crippen LogP contribution in [0.15, 0.2) is 30.5 Å². The molecule has 0 amide bonds. The molecule has 2 aromatic heterocycles. The summed E-state index contributed by atoms with van der Waals surface area (Å²) in [5.41, 5.74) is 2.07. The first-order chi connectivity index (χ1) is 7.16. The lowest BCUT2D eigenvalue weighted by Gasteiger charge is -1.96. The first kappa shape index (κ1) is 10.1. The van der Waals surface area contributed by atoms with E-state index in [1.165, 1.54) is 11.3 Å². The van der Waals surface area contributed by atoms with Gasteiger partial charge in [0, 0.05) is 6.20 Å². The monoisotopic (exact) mass is 217 g/mol. The summed E-state index contributed by atoms with van der Waals surface area (Å²) in [7, 11) is 0. The first-order valence-electron chi connectivity index (χ1n) is 4.70. The van der Waals surface area contributed by atoms with Crippen LogP contribution < -0.4 is 0 Å². The highest BCUT2D eigenvalue weighted by atomic mass is 32.1. The molecule has 0 saturated heterocycles. The Morgan fingerprint density at radius 3 is 2.60 bits per heavy atom. The lowest BCUT2D eigenvalue weighted by atomic mass is 10.2. The van der Waals surface area contributed by atoms with Crippen LogP contribution in [0.25, 0.3) is 10.6 Å². The van der Waals surface area contributed by atoms with E-state index in [-0.39, 0.29) is 5.78 Å². The maximum atomic E-state index is 11.1. The van der Waals surface area contributed by atoms with E-state index in [0.29, 0.717) is 0 Å². The third-order valence-electron chi connectivity index (χ3n) is 2.12. The Hall–Kier alpha value is -1.48. The second-order valence-corrected chi connectivity index (χ2v) is 4.52. The second-order valence-electron chi connectivity index (χ2n) is 3.44. The Labute approximate surface area is 92.6 Å². The highest BCUT2D eigenvalue weighted by molar-refractivity contribution is 7.17. The highest BCUT2D eigenvalue weighted by Gasteiger charge is 2.06. The molecule has 0 bridgehead atoms. The molecule has 2 heterocycles. The second kappa shape index (κ2) is 3.95. The highest BCUT2D eigenvalue weighted by Crippen LogP contribution is 2.26. The van der Waals surface area contributed by atoms with E-state index in [1.807, 2.05) is 37.4 Å². The molecule has 0 aromatic carbocycles. The van der Waals surface area contributed by atoms with E-state index in [1.54, 1.807) is 6.92 Å². The minimum absolute atomic E-state index is 0.110. The van der Waals surface area contributed by atoms with Gasteiger partial charge in [0.05, 0.1) is 15.4 Å². The fourth-order valence-corrected chi connectivity index (χ4v) is 2.16. The van der Waals surface area contributed by atoms with Gasteiger partial charge in [-0.2, -0.15) is 0 Å². The predicted molar refractivity (Wildman–Crippen MR) is 62.3 cm³/mol. The van der Waals surface area contributed by atoms with Gasteiger partial charge in [-0.25, -0.2) is 0 Å². The van der Waals surface area contributed by atoms with E-state index in [4.69, 9.17) is 0 Å². The molecule has 0 saturated carbocycles. The number of hydrogen-bond acceptors (Lipinski definition) is 3. The topological polar surface area (TPSA) is 30.0 Å². The largest absolute Gasteiger partial charge is 0.294 e. The number of nitrogens with zero attached hydrogens (tertiary/aromatic N) is 1. The van der Waals surface area contributed by atoms with E-state index in [2.05, 4.69) is 4.98 Å². The third kappa shape index (κ3) is 2.13. The first-order valence-corrected chi connectivity index (χ1v) is 5.52. The average molecular weight is 217 g/mol. The summed E-state index contributed by atoms with van der Waals surface area (Å²) in [6.07, 6.45) is 1.84. The molecule has 0 aliphatic carbocycles. The summed E-state index contributed by atoms with van der Waals surface area (Å²) in [5.74, 6) is 0.110. The number of hydrogen-bond donors (Lipinski definition) is 0. The number of aryl methyl sites for hydroxylation is 1. The van der Waals surface area contributed by atoms with Crippen LogP contribution >= 0.6 is 11.3 Å². The molecule has 0 unspecified atom stereocenters. The number of Topliss-reactive ketones (excluding diaryl/α,β-unsaturated/α-hetero) is 1. The summed E-state index contributed by atoms with van der Waals surface area (Å²) in [5, 5.41) is 0. The number of aromatic nitrogens is 1. The number of ketones is 1. The maximum Gasteiger partial charge on any atom is 0.169 e. The number of thiophene rings is 1. The molecular weight excluding hydrogens is 206 g/mol. The van der Waals surface area contributed by atoms with Gasteiger partial charge in [-0.05, 0) is 37.6 Å². The van der Waals surface area contributed by atoms with Crippen LogP contribution in [0.3, 0.4) is 0 Å². The van der Waals surface area contributed by atoms with E-state index in [9.17, 15) is 4.79 Å². The minimum atomic E-state index is 0.110. The zero-order valence-electron chi connectivity index (χ0n) is 8.65. The number of rotatable bonds is 2. The summed E-state index contributed by atoms with van der Waals surface area (Å²) in [4.78, 5) is 17.3. The lowest BCUT2D eigenvalue weighted by molar-refractivity contribution is 0.102. The van der Waals surface area contributed by atoms with Gasteiger partial charge < -0.3 is 0 Å². The lowest BCUT2D eigenvalue weighted by Crippen LogP contribution is -1.83. The Bertz CT molecular complexity index is 485. The molecule has 0 N–H and O–H groups in total. The fraction of sp³-hybridized carbons (Fsp3) is 0.167. The van der Waals surface area contributed by atoms with E-state index >= 15 is 0 Å². The fourth-order valence-electron chi connectivity index (χ4n) is 1.28. The molecule has 0 aliphatic heterocycles. The maximum absolute atomic E-state index is 11.1. The van der Waals surface area contributed by atoms with E-state index in [0.717, 1.165) is 21.0 Å². The zero-order valence-corrected chi connectivity index (χ0v) is 9.47. The van der Waals surface area contributed by atoms with Crippen LogP contribution in [-0.4, -0.2) is 10.8 Å². The molecule has 2 rings (SSSR count). The third-order valence-corrected chi connectivity index (χ3v) is 3.33. The summed E-state index contributed by atoms with van der Waals surface area (Å²) >= 11 is 1.49. The quantitative estimate of drug-likeness (QED) is 0.722. The van der Waals surface area contributed by atoms with Gasteiger partial charge in [-0.3, -0.25) is 9.78 Å². The van der Waals surface area contributed by atoms with Gasteiger partial charge in [0.25, 0.3) is 0 Å². The number of pyridine rings is 1. The Morgan fingerprint density at radius 2 is 2.07 bits per heavy atom. The molecule has 0 fully saturated rings. The van der Waals surface area contributed by atoms with Crippen LogP contribution in [0.1, 0.15) is 22.2 Å². The Kier molecular flexibility index (Phi) is 2.64. The van der Waals surface area contributed by atoms with Crippen molar-refractivity contribution in [1.29, 1.82) is 0 Å². The Morgan fingerprint density at radius 1 is 1.27 bits per heavy atom. The van der Waals surface area contributed by atoms with Gasteiger partial charge in [-0.15, -0.1) is 11.3 Å². The minimum Gasteiger partial charge on any atom is -0.294 e. The van der Waals surface area contributed by atoms with Crippen molar-refractivity contribution in [2.24, 2.45) is 0 Å². The van der Waals surface area contributed by atoms with Crippen LogP contribution in [0.5, 0.6) is 0 Å². The van der Waals surface area contributed by atoms with Crippen molar-refractivity contribution >= 4 is 17.1 Å². The van der Waals surface area contributed by atoms with Crippen LogP contribution in [-0.2, 0) is 0 Å². The predicted octanol–water partition coefficient (Wildman–Crippen LogP) is 3.32. The molecule has 3 heteroatoms.